The molecule has 3 atom stereocenters. The lowest BCUT2D eigenvalue weighted by atomic mass is 9.90. The Morgan fingerprint density at radius 1 is 1.07 bits per heavy atom. The second-order valence-electron chi connectivity index (χ2n) is 15.0. The van der Waals surface area contributed by atoms with E-state index >= 15 is 0 Å². The van der Waals surface area contributed by atoms with Gasteiger partial charge >= 0.3 is 6.09 Å². The van der Waals surface area contributed by atoms with Crippen molar-refractivity contribution in [2.45, 2.75) is 84.0 Å². The number of ether oxygens (including phenoxy) is 1. The minimum absolute atomic E-state index is 0.0329. The molecule has 4 heterocycles. The normalized spacial score (nSPS) is 23.8. The maximum Gasteiger partial charge on any atom is 0.410 e. The molecule has 1 aromatic carbocycles. The van der Waals surface area contributed by atoms with Crippen LogP contribution in [0.4, 0.5) is 14.9 Å². The van der Waals surface area contributed by atoms with E-state index in [0.717, 1.165) is 43.1 Å². The minimum Gasteiger partial charge on any atom is -0.444 e. The number of amides is 2. The standard InChI is InChI=1S/C35H51FN6O4/c1-23-17-37-13-14-39(23)19-28-20-41(33(45)46-34(3,4)5)24(2)18-40(28)21-30(43)42-22-35(6,7)31-29(42)16-26(32(44)38(31)8)15-25-9-11-27(36)12-10-25/h9-12,16,23-24,28,37H,13-15,17-22H2,1-8H3/t23-,24-,28+/m1/s1. The van der Waals surface area contributed by atoms with Crippen molar-refractivity contribution in [3.63, 3.8) is 0 Å². The molecule has 0 aliphatic carbocycles. The number of pyridine rings is 1. The molecule has 3 aliphatic heterocycles. The van der Waals surface area contributed by atoms with E-state index in [1.165, 1.54) is 12.1 Å². The predicted molar refractivity (Wildman–Crippen MR) is 178 cm³/mol. The lowest BCUT2D eigenvalue weighted by Gasteiger charge is -2.47. The van der Waals surface area contributed by atoms with E-state index < -0.39 is 11.0 Å². The van der Waals surface area contributed by atoms with Crippen LogP contribution in [0.15, 0.2) is 35.1 Å². The summed E-state index contributed by atoms with van der Waals surface area (Å²) in [5.74, 6) is -0.357. The van der Waals surface area contributed by atoms with Gasteiger partial charge in [0.25, 0.3) is 5.56 Å². The van der Waals surface area contributed by atoms with Gasteiger partial charge in [-0.2, -0.15) is 0 Å². The van der Waals surface area contributed by atoms with Crippen molar-refractivity contribution < 1.29 is 18.7 Å². The summed E-state index contributed by atoms with van der Waals surface area (Å²) in [6.45, 7) is 19.1. The molecule has 2 amide bonds. The molecule has 2 fully saturated rings. The van der Waals surface area contributed by atoms with Crippen molar-refractivity contribution >= 4 is 17.7 Å². The fraction of sp³-hybridized carbons (Fsp3) is 0.629. The quantitative estimate of drug-likeness (QED) is 0.519. The SMILES string of the molecule is C[C@@H]1CNCCN1C[C@H]1CN(C(=O)OC(C)(C)C)[C@H](C)CN1CC(=O)N1CC(C)(C)c2c1cc(Cc1ccc(F)cc1)c(=O)n2C. The molecular formula is C35H51FN6O4. The number of carbonyl (C=O) groups excluding carboxylic acids is 2. The Labute approximate surface area is 272 Å². The molecule has 1 aromatic heterocycles. The summed E-state index contributed by atoms with van der Waals surface area (Å²) in [6.07, 6.45) is 0.0202. The summed E-state index contributed by atoms with van der Waals surface area (Å²) in [5.41, 5.74) is 1.85. The molecule has 5 rings (SSSR count). The van der Waals surface area contributed by atoms with Crippen LogP contribution in [0.3, 0.4) is 0 Å². The average molecular weight is 639 g/mol. The van der Waals surface area contributed by atoms with Gasteiger partial charge in [-0.1, -0.05) is 26.0 Å². The smallest absolute Gasteiger partial charge is 0.410 e. The number of nitrogens with zero attached hydrogens (tertiary/aromatic N) is 5. The zero-order chi connectivity index (χ0) is 33.6. The van der Waals surface area contributed by atoms with E-state index in [1.54, 1.807) is 23.7 Å². The highest BCUT2D eigenvalue weighted by molar-refractivity contribution is 5.97. The van der Waals surface area contributed by atoms with Crippen LogP contribution in [-0.4, -0.2) is 107 Å². The van der Waals surface area contributed by atoms with Gasteiger partial charge in [0.05, 0.1) is 17.9 Å². The third kappa shape index (κ3) is 7.31. The molecule has 252 valence electrons. The zero-order valence-electron chi connectivity index (χ0n) is 28.7. The average Bonchev–Trinajstić information content (AvgIpc) is 3.24. The number of benzene rings is 1. The topological polar surface area (TPSA) is 90.4 Å². The number of nitrogens with one attached hydrogen (secondary N) is 1. The van der Waals surface area contributed by atoms with E-state index in [-0.39, 0.29) is 42.0 Å². The molecule has 10 nitrogen and oxygen atoms in total. The van der Waals surface area contributed by atoms with Crippen molar-refractivity contribution in [1.82, 2.24) is 24.6 Å². The summed E-state index contributed by atoms with van der Waals surface area (Å²) in [4.78, 5) is 49.3. The van der Waals surface area contributed by atoms with Gasteiger partial charge in [-0.15, -0.1) is 0 Å². The van der Waals surface area contributed by atoms with Gasteiger partial charge in [0.15, 0.2) is 0 Å². The molecule has 1 N–H and O–H groups in total. The number of halogens is 1. The number of carbonyl (C=O) groups is 2. The van der Waals surface area contributed by atoms with E-state index in [0.29, 0.717) is 37.7 Å². The number of rotatable bonds is 6. The van der Waals surface area contributed by atoms with E-state index in [4.69, 9.17) is 4.74 Å². The van der Waals surface area contributed by atoms with Crippen LogP contribution in [0, 0.1) is 5.82 Å². The first-order valence-corrected chi connectivity index (χ1v) is 16.5. The van der Waals surface area contributed by atoms with Crippen molar-refractivity contribution in [1.29, 1.82) is 0 Å². The van der Waals surface area contributed by atoms with Crippen LogP contribution in [0.1, 0.15) is 65.3 Å². The Morgan fingerprint density at radius 3 is 2.41 bits per heavy atom. The largest absolute Gasteiger partial charge is 0.444 e. The van der Waals surface area contributed by atoms with Gasteiger partial charge in [-0.25, -0.2) is 9.18 Å². The number of hydrogen-bond donors (Lipinski definition) is 1. The monoisotopic (exact) mass is 638 g/mol. The summed E-state index contributed by atoms with van der Waals surface area (Å²) < 4.78 is 21.0. The van der Waals surface area contributed by atoms with Gasteiger partial charge in [-0.3, -0.25) is 19.4 Å². The molecule has 2 saturated heterocycles. The number of fused-ring (bicyclic) bond motifs is 1. The van der Waals surface area contributed by atoms with Crippen molar-refractivity contribution in [3.05, 3.63) is 63.3 Å². The number of piperazine rings is 2. The third-order valence-electron chi connectivity index (χ3n) is 9.57. The molecular weight excluding hydrogens is 587 g/mol. The van der Waals surface area contributed by atoms with Gasteiger partial charge in [0.1, 0.15) is 11.4 Å². The zero-order valence-corrected chi connectivity index (χ0v) is 28.7. The number of hydrogen-bond acceptors (Lipinski definition) is 7. The molecule has 46 heavy (non-hydrogen) atoms. The summed E-state index contributed by atoms with van der Waals surface area (Å²) in [5, 5.41) is 3.45. The Morgan fingerprint density at radius 2 is 1.76 bits per heavy atom. The molecule has 0 unspecified atom stereocenters. The van der Waals surface area contributed by atoms with Crippen LogP contribution in [-0.2, 0) is 28.4 Å². The van der Waals surface area contributed by atoms with Crippen molar-refractivity contribution in [2.24, 2.45) is 7.05 Å². The minimum atomic E-state index is -0.599. The van der Waals surface area contributed by atoms with Crippen LogP contribution < -0.4 is 15.8 Å². The van der Waals surface area contributed by atoms with Crippen molar-refractivity contribution in [3.8, 4) is 0 Å². The highest BCUT2D eigenvalue weighted by atomic mass is 19.1. The lowest BCUT2D eigenvalue weighted by Crippen LogP contribution is -2.65. The number of aromatic nitrogens is 1. The Balaban J connectivity index is 1.41. The van der Waals surface area contributed by atoms with Crippen LogP contribution in [0.5, 0.6) is 0 Å². The fourth-order valence-electron chi connectivity index (χ4n) is 7.25. The highest BCUT2D eigenvalue weighted by Crippen LogP contribution is 2.40. The van der Waals surface area contributed by atoms with E-state index in [2.05, 4.69) is 35.9 Å². The van der Waals surface area contributed by atoms with Gasteiger partial charge in [0.2, 0.25) is 5.91 Å². The van der Waals surface area contributed by atoms with Gasteiger partial charge in [-0.05, 0) is 58.4 Å². The van der Waals surface area contributed by atoms with E-state index in [9.17, 15) is 18.8 Å². The maximum absolute atomic E-state index is 14.3. The molecule has 3 aliphatic rings. The molecule has 0 saturated carbocycles. The second-order valence-corrected chi connectivity index (χ2v) is 15.0. The summed E-state index contributed by atoms with van der Waals surface area (Å²) in [6, 6.07) is 8.17. The van der Waals surface area contributed by atoms with Crippen LogP contribution in [0.2, 0.25) is 0 Å². The summed E-state index contributed by atoms with van der Waals surface area (Å²) in [7, 11) is 1.77. The number of anilines is 1. The third-order valence-corrected chi connectivity index (χ3v) is 9.57. The predicted octanol–water partition coefficient (Wildman–Crippen LogP) is 3.34. The first-order chi connectivity index (χ1) is 21.5. The summed E-state index contributed by atoms with van der Waals surface area (Å²) >= 11 is 0. The Bertz CT molecular complexity index is 1500. The van der Waals surface area contributed by atoms with Crippen LogP contribution in [0.25, 0.3) is 0 Å². The molecule has 11 heteroatoms. The molecule has 0 spiro atoms. The second kappa shape index (κ2) is 13.1. The lowest BCUT2D eigenvalue weighted by molar-refractivity contribution is -0.121. The van der Waals surface area contributed by atoms with Crippen LogP contribution >= 0.6 is 0 Å². The van der Waals surface area contributed by atoms with Gasteiger partial charge in [0, 0.05) is 88.4 Å². The molecule has 0 bridgehead atoms. The Kier molecular flexibility index (Phi) is 9.69. The maximum atomic E-state index is 14.3. The first kappa shape index (κ1) is 34.1. The Hall–Kier alpha value is -3.28. The fourth-order valence-corrected chi connectivity index (χ4v) is 7.25. The van der Waals surface area contributed by atoms with E-state index in [1.807, 2.05) is 43.6 Å². The molecule has 0 radical (unpaired) electrons. The highest BCUT2D eigenvalue weighted by Gasteiger charge is 2.43. The first-order valence-electron chi connectivity index (χ1n) is 16.5. The van der Waals surface area contributed by atoms with Crippen molar-refractivity contribution in [2.75, 3.05) is 57.3 Å². The van der Waals surface area contributed by atoms with Gasteiger partial charge < -0.3 is 24.4 Å². The molecule has 2 aromatic rings.